The molecule has 1 N–H and O–H groups in total. The molecule has 2 aromatic carbocycles. The maximum atomic E-state index is 5.77. The van der Waals surface area contributed by atoms with Gasteiger partial charge in [0.05, 0.1) is 0 Å². The first-order valence-electron chi connectivity index (χ1n) is 6.02. The van der Waals surface area contributed by atoms with Gasteiger partial charge in [0, 0.05) is 19.4 Å². The average molecular weight is 251 g/mol. The summed E-state index contributed by atoms with van der Waals surface area (Å²) in [5, 5.41) is 5.27. The number of benzene rings is 2. The van der Waals surface area contributed by atoms with E-state index in [1.54, 1.807) is 19.4 Å². The largest absolute Gasteiger partial charge is 0.436 e. The van der Waals surface area contributed by atoms with Gasteiger partial charge in [-0.25, -0.2) is 9.97 Å². The van der Waals surface area contributed by atoms with Crippen LogP contribution in [0, 0.1) is 0 Å². The zero-order valence-electron chi connectivity index (χ0n) is 10.5. The van der Waals surface area contributed by atoms with Crippen molar-refractivity contribution in [2.45, 2.75) is 0 Å². The summed E-state index contributed by atoms with van der Waals surface area (Å²) in [7, 11) is 1.79. The molecule has 3 aromatic rings. The predicted molar refractivity (Wildman–Crippen MR) is 75.6 cm³/mol. The Morgan fingerprint density at radius 3 is 2.58 bits per heavy atom. The van der Waals surface area contributed by atoms with E-state index in [1.807, 2.05) is 30.3 Å². The van der Waals surface area contributed by atoms with E-state index in [1.165, 1.54) is 5.39 Å². The van der Waals surface area contributed by atoms with Crippen molar-refractivity contribution in [2.75, 3.05) is 12.4 Å². The number of hydrogen-bond donors (Lipinski definition) is 1. The van der Waals surface area contributed by atoms with Gasteiger partial charge in [-0.3, -0.25) is 0 Å². The monoisotopic (exact) mass is 251 g/mol. The van der Waals surface area contributed by atoms with E-state index in [2.05, 4.69) is 27.4 Å². The highest BCUT2D eigenvalue weighted by molar-refractivity contribution is 5.83. The smallest absolute Gasteiger partial charge is 0.262 e. The number of nitrogens with one attached hydrogen (secondary N) is 1. The van der Waals surface area contributed by atoms with E-state index in [0.717, 1.165) is 11.1 Å². The molecule has 0 fully saturated rings. The summed E-state index contributed by atoms with van der Waals surface area (Å²) >= 11 is 0. The predicted octanol–water partition coefficient (Wildman–Crippen LogP) is 3.46. The van der Waals surface area contributed by atoms with Gasteiger partial charge < -0.3 is 10.1 Å². The minimum absolute atomic E-state index is 0.472. The zero-order valence-corrected chi connectivity index (χ0v) is 10.5. The number of hydrogen-bond acceptors (Lipinski definition) is 4. The van der Waals surface area contributed by atoms with Crippen LogP contribution in [-0.2, 0) is 0 Å². The van der Waals surface area contributed by atoms with Crippen LogP contribution in [0.3, 0.4) is 0 Å². The van der Waals surface area contributed by atoms with Crippen molar-refractivity contribution in [3.63, 3.8) is 0 Å². The molecule has 0 atom stereocenters. The lowest BCUT2D eigenvalue weighted by molar-refractivity contribution is 0.463. The lowest BCUT2D eigenvalue weighted by Crippen LogP contribution is -1.98. The summed E-state index contributed by atoms with van der Waals surface area (Å²) < 4.78 is 5.77. The summed E-state index contributed by atoms with van der Waals surface area (Å²) in [5.74, 6) is 1.84. The number of ether oxygens (including phenoxy) is 1. The first kappa shape index (κ1) is 11.5. The number of rotatable bonds is 3. The third-order valence-electron chi connectivity index (χ3n) is 2.84. The Balaban J connectivity index is 1.96. The van der Waals surface area contributed by atoms with Gasteiger partial charge in [-0.05, 0) is 22.9 Å². The summed E-state index contributed by atoms with van der Waals surface area (Å²) in [6.45, 7) is 0. The molecule has 0 aliphatic heterocycles. The van der Waals surface area contributed by atoms with Crippen LogP contribution in [0.5, 0.6) is 11.6 Å². The Kier molecular flexibility index (Phi) is 2.98. The van der Waals surface area contributed by atoms with Crippen molar-refractivity contribution in [3.05, 3.63) is 54.9 Å². The highest BCUT2D eigenvalue weighted by Crippen LogP contribution is 2.27. The van der Waals surface area contributed by atoms with Crippen LogP contribution in [-0.4, -0.2) is 17.0 Å². The fraction of sp³-hybridized carbons (Fsp3) is 0.0667. The van der Waals surface area contributed by atoms with Gasteiger partial charge in [-0.1, -0.05) is 30.3 Å². The highest BCUT2D eigenvalue weighted by atomic mass is 16.5. The van der Waals surface area contributed by atoms with Crippen molar-refractivity contribution in [2.24, 2.45) is 0 Å². The van der Waals surface area contributed by atoms with E-state index in [0.29, 0.717) is 11.7 Å². The van der Waals surface area contributed by atoms with E-state index in [9.17, 15) is 0 Å². The zero-order chi connectivity index (χ0) is 13.1. The lowest BCUT2D eigenvalue weighted by atomic mass is 10.1. The first-order valence-corrected chi connectivity index (χ1v) is 6.02. The SMILES string of the molecule is CNc1nccnc1Oc1ccc2ccccc2c1. The second-order valence-electron chi connectivity index (χ2n) is 4.07. The number of fused-ring (bicyclic) bond motifs is 1. The minimum Gasteiger partial charge on any atom is -0.436 e. The molecule has 1 aromatic heterocycles. The minimum atomic E-state index is 0.472. The van der Waals surface area contributed by atoms with Crippen molar-refractivity contribution in [1.82, 2.24) is 9.97 Å². The quantitative estimate of drug-likeness (QED) is 0.774. The van der Waals surface area contributed by atoms with Gasteiger partial charge in [-0.15, -0.1) is 0 Å². The van der Waals surface area contributed by atoms with Gasteiger partial charge >= 0.3 is 0 Å². The van der Waals surface area contributed by atoms with E-state index in [-0.39, 0.29) is 0 Å². The standard InChI is InChI=1S/C15H13N3O/c1-16-14-15(18-9-8-17-14)19-13-7-6-11-4-2-3-5-12(11)10-13/h2-10H,1H3,(H,16,17). The van der Waals surface area contributed by atoms with Crippen LogP contribution in [0.1, 0.15) is 0 Å². The van der Waals surface area contributed by atoms with Crippen LogP contribution in [0.25, 0.3) is 10.8 Å². The molecule has 19 heavy (non-hydrogen) atoms. The molecule has 94 valence electrons. The fourth-order valence-electron chi connectivity index (χ4n) is 1.91. The maximum absolute atomic E-state index is 5.77. The maximum Gasteiger partial charge on any atom is 0.262 e. The molecule has 4 heteroatoms. The molecule has 0 amide bonds. The van der Waals surface area contributed by atoms with Crippen molar-refractivity contribution < 1.29 is 4.74 Å². The van der Waals surface area contributed by atoms with Crippen molar-refractivity contribution in [1.29, 1.82) is 0 Å². The summed E-state index contributed by atoms with van der Waals surface area (Å²) in [6, 6.07) is 14.1. The molecule has 0 unspecified atom stereocenters. The first-order chi connectivity index (χ1) is 9.36. The second-order valence-corrected chi connectivity index (χ2v) is 4.07. The average Bonchev–Trinajstić information content (AvgIpc) is 2.48. The molecule has 3 rings (SSSR count). The van der Waals surface area contributed by atoms with Crippen molar-refractivity contribution in [3.8, 4) is 11.6 Å². The topological polar surface area (TPSA) is 47.0 Å². The Bertz CT molecular complexity index is 712. The molecule has 0 bridgehead atoms. The number of nitrogens with zero attached hydrogens (tertiary/aromatic N) is 2. The molecule has 0 aliphatic carbocycles. The Labute approximate surface area is 111 Å². The Morgan fingerprint density at radius 1 is 0.947 bits per heavy atom. The van der Waals surface area contributed by atoms with Crippen LogP contribution in [0.2, 0.25) is 0 Å². The van der Waals surface area contributed by atoms with Gasteiger partial charge in [0.15, 0.2) is 5.82 Å². The van der Waals surface area contributed by atoms with E-state index < -0.39 is 0 Å². The Morgan fingerprint density at radius 2 is 1.74 bits per heavy atom. The molecule has 0 saturated heterocycles. The number of aromatic nitrogens is 2. The molecule has 0 spiro atoms. The summed E-state index contributed by atoms with van der Waals surface area (Å²) in [6.07, 6.45) is 3.23. The van der Waals surface area contributed by atoms with E-state index >= 15 is 0 Å². The number of anilines is 1. The molecule has 4 nitrogen and oxygen atoms in total. The molecule has 0 radical (unpaired) electrons. The van der Waals surface area contributed by atoms with Gasteiger partial charge in [-0.2, -0.15) is 0 Å². The highest BCUT2D eigenvalue weighted by Gasteiger charge is 2.06. The normalized spacial score (nSPS) is 10.4. The van der Waals surface area contributed by atoms with Crippen molar-refractivity contribution >= 4 is 16.6 Å². The summed E-state index contributed by atoms with van der Waals surface area (Å²) in [5.41, 5.74) is 0. The Hall–Kier alpha value is -2.62. The third-order valence-corrected chi connectivity index (χ3v) is 2.84. The van der Waals surface area contributed by atoms with Gasteiger partial charge in [0.25, 0.3) is 5.88 Å². The van der Waals surface area contributed by atoms with Gasteiger partial charge in [0.1, 0.15) is 5.75 Å². The summed E-state index contributed by atoms with van der Waals surface area (Å²) in [4.78, 5) is 8.33. The van der Waals surface area contributed by atoms with Gasteiger partial charge in [0.2, 0.25) is 0 Å². The van der Waals surface area contributed by atoms with E-state index in [4.69, 9.17) is 4.74 Å². The van der Waals surface area contributed by atoms with Crippen LogP contribution < -0.4 is 10.1 Å². The third kappa shape index (κ3) is 2.33. The molecule has 0 saturated carbocycles. The molecular formula is C15H13N3O. The second kappa shape index (κ2) is 4.94. The van der Waals surface area contributed by atoms with Crippen LogP contribution in [0.4, 0.5) is 5.82 Å². The molecule has 1 heterocycles. The van der Waals surface area contributed by atoms with Crippen LogP contribution >= 0.6 is 0 Å². The van der Waals surface area contributed by atoms with Crippen LogP contribution in [0.15, 0.2) is 54.9 Å². The molecular weight excluding hydrogens is 238 g/mol. The fourth-order valence-corrected chi connectivity index (χ4v) is 1.91. The lowest BCUT2D eigenvalue weighted by Gasteiger charge is -2.08. The molecule has 0 aliphatic rings.